The van der Waals surface area contributed by atoms with Gasteiger partial charge in [0, 0.05) is 12.2 Å². The van der Waals surface area contributed by atoms with Crippen LogP contribution in [0.5, 0.6) is 5.75 Å². The number of rotatable bonds is 6. The minimum Gasteiger partial charge on any atom is -0.490 e. The van der Waals surface area contributed by atoms with Gasteiger partial charge >= 0.3 is 5.97 Å². The fourth-order valence-electron chi connectivity index (χ4n) is 2.03. The van der Waals surface area contributed by atoms with Crippen molar-refractivity contribution >= 4 is 34.9 Å². The van der Waals surface area contributed by atoms with E-state index in [0.29, 0.717) is 40.2 Å². The molecular formula is C17H17Cl2NO3. The molecule has 0 atom stereocenters. The van der Waals surface area contributed by atoms with Crippen LogP contribution >= 0.6 is 23.2 Å². The molecule has 0 spiro atoms. The van der Waals surface area contributed by atoms with Crippen molar-refractivity contribution in [2.24, 2.45) is 0 Å². The molecule has 0 aromatic heterocycles. The number of hydrogen-bond acceptors (Lipinski definition) is 4. The highest BCUT2D eigenvalue weighted by Gasteiger charge is 2.12. The molecule has 0 aliphatic heterocycles. The predicted molar refractivity (Wildman–Crippen MR) is 93.0 cm³/mol. The molecule has 0 aliphatic rings. The first kappa shape index (κ1) is 17.4. The summed E-state index contributed by atoms with van der Waals surface area (Å²) in [6.07, 6.45) is 0. The van der Waals surface area contributed by atoms with Gasteiger partial charge in [0.1, 0.15) is 17.4 Å². The van der Waals surface area contributed by atoms with Crippen LogP contribution in [-0.4, -0.2) is 26.2 Å². The SMILES string of the molecule is COC(=O)c1cc(C)ccc1NCCOc1cccc(Cl)c1Cl. The minimum absolute atomic E-state index is 0.370. The van der Waals surface area contributed by atoms with Gasteiger partial charge in [-0.05, 0) is 31.2 Å². The normalized spacial score (nSPS) is 10.3. The van der Waals surface area contributed by atoms with E-state index in [2.05, 4.69) is 5.32 Å². The van der Waals surface area contributed by atoms with Crippen LogP contribution < -0.4 is 10.1 Å². The van der Waals surface area contributed by atoms with Gasteiger partial charge < -0.3 is 14.8 Å². The molecule has 0 saturated heterocycles. The summed E-state index contributed by atoms with van der Waals surface area (Å²) in [4.78, 5) is 11.8. The summed E-state index contributed by atoms with van der Waals surface area (Å²) in [5.74, 6) is 0.146. The maximum atomic E-state index is 11.8. The van der Waals surface area contributed by atoms with Gasteiger partial charge in [-0.3, -0.25) is 0 Å². The first-order valence-corrected chi connectivity index (χ1v) is 7.78. The lowest BCUT2D eigenvalue weighted by atomic mass is 10.1. The molecular weight excluding hydrogens is 337 g/mol. The molecule has 0 bridgehead atoms. The molecule has 0 radical (unpaired) electrons. The predicted octanol–water partition coefficient (Wildman–Crippen LogP) is 4.58. The maximum Gasteiger partial charge on any atom is 0.339 e. The van der Waals surface area contributed by atoms with E-state index in [1.165, 1.54) is 7.11 Å². The maximum absolute atomic E-state index is 11.8. The van der Waals surface area contributed by atoms with E-state index in [9.17, 15) is 4.79 Å². The van der Waals surface area contributed by atoms with Crippen molar-refractivity contribution in [2.75, 3.05) is 25.6 Å². The number of ether oxygens (including phenoxy) is 2. The Morgan fingerprint density at radius 3 is 2.74 bits per heavy atom. The van der Waals surface area contributed by atoms with E-state index in [0.717, 1.165) is 5.56 Å². The van der Waals surface area contributed by atoms with E-state index in [4.69, 9.17) is 32.7 Å². The molecule has 6 heteroatoms. The highest BCUT2D eigenvalue weighted by Crippen LogP contribution is 2.31. The Labute approximate surface area is 145 Å². The molecule has 0 amide bonds. The highest BCUT2D eigenvalue weighted by molar-refractivity contribution is 6.42. The monoisotopic (exact) mass is 353 g/mol. The van der Waals surface area contributed by atoms with Gasteiger partial charge in [0.05, 0.1) is 17.7 Å². The lowest BCUT2D eigenvalue weighted by molar-refractivity contribution is 0.0601. The van der Waals surface area contributed by atoms with Gasteiger partial charge in [0.25, 0.3) is 0 Å². The number of hydrogen-bond donors (Lipinski definition) is 1. The average molecular weight is 354 g/mol. The zero-order valence-electron chi connectivity index (χ0n) is 12.9. The Morgan fingerprint density at radius 1 is 1.22 bits per heavy atom. The van der Waals surface area contributed by atoms with Crippen molar-refractivity contribution in [1.29, 1.82) is 0 Å². The minimum atomic E-state index is -0.380. The molecule has 0 fully saturated rings. The largest absolute Gasteiger partial charge is 0.490 e. The van der Waals surface area contributed by atoms with Crippen LogP contribution in [0, 0.1) is 6.92 Å². The Kier molecular flexibility index (Phi) is 6.13. The standard InChI is InChI=1S/C17H17Cl2NO3/c1-11-6-7-14(12(10-11)17(21)22-2)20-8-9-23-15-5-3-4-13(18)16(15)19/h3-7,10,20H,8-9H2,1-2H3. The Bertz CT molecular complexity index is 704. The molecule has 2 rings (SSSR count). The number of anilines is 1. The quantitative estimate of drug-likeness (QED) is 0.609. The second-order valence-corrected chi connectivity index (χ2v) is 5.65. The zero-order chi connectivity index (χ0) is 16.8. The topological polar surface area (TPSA) is 47.6 Å². The third kappa shape index (κ3) is 4.53. The molecule has 0 saturated carbocycles. The van der Waals surface area contributed by atoms with Gasteiger partial charge in [0.15, 0.2) is 0 Å². The molecule has 4 nitrogen and oxygen atoms in total. The average Bonchev–Trinajstić information content (AvgIpc) is 2.55. The molecule has 2 aromatic rings. The van der Waals surface area contributed by atoms with Crippen molar-refractivity contribution in [2.45, 2.75) is 6.92 Å². The summed E-state index contributed by atoms with van der Waals surface area (Å²) in [6.45, 7) is 2.78. The number of nitrogens with one attached hydrogen (secondary N) is 1. The molecule has 23 heavy (non-hydrogen) atoms. The number of methoxy groups -OCH3 is 1. The fourth-order valence-corrected chi connectivity index (χ4v) is 2.38. The first-order valence-electron chi connectivity index (χ1n) is 7.02. The van der Waals surface area contributed by atoms with Gasteiger partial charge in [0.2, 0.25) is 0 Å². The van der Waals surface area contributed by atoms with Crippen LogP contribution in [0.3, 0.4) is 0 Å². The molecule has 2 aromatic carbocycles. The summed E-state index contributed by atoms with van der Waals surface area (Å²) in [6, 6.07) is 10.8. The van der Waals surface area contributed by atoms with Crippen molar-refractivity contribution < 1.29 is 14.3 Å². The molecule has 1 N–H and O–H groups in total. The lowest BCUT2D eigenvalue weighted by Crippen LogP contribution is -2.14. The van der Waals surface area contributed by atoms with Gasteiger partial charge in [-0.2, -0.15) is 0 Å². The molecule has 0 aliphatic carbocycles. The zero-order valence-corrected chi connectivity index (χ0v) is 14.4. The Hall–Kier alpha value is -1.91. The van der Waals surface area contributed by atoms with Gasteiger partial charge in [-0.1, -0.05) is 40.9 Å². The summed E-state index contributed by atoms with van der Waals surface area (Å²) in [5, 5.41) is 3.99. The fraction of sp³-hybridized carbons (Fsp3) is 0.235. The number of aryl methyl sites for hydroxylation is 1. The summed E-state index contributed by atoms with van der Waals surface area (Å²) in [7, 11) is 1.36. The lowest BCUT2D eigenvalue weighted by Gasteiger charge is -2.13. The van der Waals surface area contributed by atoms with Crippen LogP contribution in [0.4, 0.5) is 5.69 Å². The van der Waals surface area contributed by atoms with E-state index in [1.54, 1.807) is 24.3 Å². The summed E-state index contributed by atoms with van der Waals surface area (Å²) in [5.41, 5.74) is 2.18. The van der Waals surface area contributed by atoms with Crippen LogP contribution in [0.2, 0.25) is 10.0 Å². The summed E-state index contributed by atoms with van der Waals surface area (Å²) >= 11 is 12.0. The van der Waals surface area contributed by atoms with Gasteiger partial charge in [-0.25, -0.2) is 4.79 Å². The Morgan fingerprint density at radius 2 is 2.00 bits per heavy atom. The third-order valence-corrected chi connectivity index (χ3v) is 3.97. The molecule has 0 heterocycles. The Balaban J connectivity index is 1.96. The second kappa shape index (κ2) is 8.09. The first-order chi connectivity index (χ1) is 11.0. The third-order valence-electron chi connectivity index (χ3n) is 3.17. The highest BCUT2D eigenvalue weighted by atomic mass is 35.5. The second-order valence-electron chi connectivity index (χ2n) is 4.87. The number of benzene rings is 2. The number of halogens is 2. The van der Waals surface area contributed by atoms with E-state index >= 15 is 0 Å². The van der Waals surface area contributed by atoms with Crippen LogP contribution in [0.15, 0.2) is 36.4 Å². The van der Waals surface area contributed by atoms with E-state index in [-0.39, 0.29) is 5.97 Å². The van der Waals surface area contributed by atoms with E-state index < -0.39 is 0 Å². The number of carbonyl (C=O) groups excluding carboxylic acids is 1. The number of esters is 1. The van der Waals surface area contributed by atoms with E-state index in [1.807, 2.05) is 19.1 Å². The van der Waals surface area contributed by atoms with Crippen LogP contribution in [0.1, 0.15) is 15.9 Å². The van der Waals surface area contributed by atoms with Crippen LogP contribution in [-0.2, 0) is 4.74 Å². The van der Waals surface area contributed by atoms with Gasteiger partial charge in [-0.15, -0.1) is 0 Å². The number of carbonyl (C=O) groups is 1. The van der Waals surface area contributed by atoms with Crippen molar-refractivity contribution in [1.82, 2.24) is 0 Å². The smallest absolute Gasteiger partial charge is 0.339 e. The summed E-state index contributed by atoms with van der Waals surface area (Å²) < 4.78 is 10.4. The molecule has 122 valence electrons. The van der Waals surface area contributed by atoms with Crippen molar-refractivity contribution in [3.63, 3.8) is 0 Å². The molecule has 0 unspecified atom stereocenters. The van der Waals surface area contributed by atoms with Crippen molar-refractivity contribution in [3.05, 3.63) is 57.6 Å². The van der Waals surface area contributed by atoms with Crippen LogP contribution in [0.25, 0.3) is 0 Å². The van der Waals surface area contributed by atoms with Crippen molar-refractivity contribution in [3.8, 4) is 5.75 Å².